The van der Waals surface area contributed by atoms with Crippen LogP contribution < -0.4 is 10.9 Å². The van der Waals surface area contributed by atoms with Gasteiger partial charge in [0.05, 0.1) is 10.9 Å². The SMILES string of the molecule is CP(c1nccnc1P(C)C(C)(C)C)C(C)(C)C. The maximum atomic E-state index is 4.66. The van der Waals surface area contributed by atoms with Crippen LogP contribution in [0.1, 0.15) is 41.5 Å². The van der Waals surface area contributed by atoms with Gasteiger partial charge in [0.15, 0.2) is 0 Å². The highest BCUT2D eigenvalue weighted by atomic mass is 31.1. The lowest BCUT2D eigenvalue weighted by Crippen LogP contribution is -2.35. The van der Waals surface area contributed by atoms with Gasteiger partial charge in [-0.3, -0.25) is 9.97 Å². The third-order valence-electron chi connectivity index (χ3n) is 3.31. The maximum absolute atomic E-state index is 4.66. The van der Waals surface area contributed by atoms with E-state index in [0.717, 1.165) is 0 Å². The minimum atomic E-state index is -0.275. The Kier molecular flexibility index (Phi) is 4.90. The lowest BCUT2D eigenvalue weighted by molar-refractivity contribution is 0.787. The fourth-order valence-corrected chi connectivity index (χ4v) is 4.80. The highest BCUT2D eigenvalue weighted by Crippen LogP contribution is 2.48. The van der Waals surface area contributed by atoms with E-state index in [4.69, 9.17) is 0 Å². The average molecular weight is 284 g/mol. The van der Waals surface area contributed by atoms with Crippen LogP contribution in [0, 0.1) is 0 Å². The Hall–Kier alpha value is -0.0600. The molecule has 0 radical (unpaired) electrons. The Balaban J connectivity index is 3.23. The molecule has 4 heteroatoms. The van der Waals surface area contributed by atoms with Crippen molar-refractivity contribution >= 4 is 26.7 Å². The van der Waals surface area contributed by atoms with Gasteiger partial charge in [0.1, 0.15) is 0 Å². The molecule has 18 heavy (non-hydrogen) atoms. The normalized spacial score (nSPS) is 16.4. The standard InChI is InChI=1S/C14H26N2P2/c1-13(2,3)17(7)11-12(16-10-9-15-11)18(8)14(4,5)6/h9-10H,1-8H3. The average Bonchev–Trinajstić information content (AvgIpc) is 2.24. The molecule has 1 rings (SSSR count). The largest absolute Gasteiger partial charge is 0.253 e. The van der Waals surface area contributed by atoms with Gasteiger partial charge in [0, 0.05) is 12.4 Å². The molecule has 0 aliphatic rings. The van der Waals surface area contributed by atoms with E-state index in [1.54, 1.807) is 0 Å². The Labute approximate surface area is 115 Å². The van der Waals surface area contributed by atoms with Gasteiger partial charge in [-0.15, -0.1) is 0 Å². The van der Waals surface area contributed by atoms with Gasteiger partial charge < -0.3 is 0 Å². The van der Waals surface area contributed by atoms with Crippen molar-refractivity contribution in [3.63, 3.8) is 0 Å². The molecule has 0 aliphatic carbocycles. The Morgan fingerprint density at radius 1 is 0.722 bits per heavy atom. The minimum Gasteiger partial charge on any atom is -0.253 e. The van der Waals surface area contributed by atoms with Crippen LogP contribution in [0.25, 0.3) is 0 Å². The Morgan fingerprint density at radius 3 is 1.22 bits per heavy atom. The lowest BCUT2D eigenvalue weighted by atomic mass is 10.3. The summed E-state index contributed by atoms with van der Waals surface area (Å²) >= 11 is 0. The van der Waals surface area contributed by atoms with Crippen LogP contribution in [0.5, 0.6) is 0 Å². The minimum absolute atomic E-state index is 0.275. The molecule has 0 saturated heterocycles. The molecular weight excluding hydrogens is 258 g/mol. The molecule has 0 fully saturated rings. The summed E-state index contributed by atoms with van der Waals surface area (Å²) in [6.45, 7) is 18.4. The fourth-order valence-electron chi connectivity index (χ4n) is 1.43. The predicted molar refractivity (Wildman–Crippen MR) is 86.5 cm³/mol. The first kappa shape index (κ1) is 16.0. The van der Waals surface area contributed by atoms with Crippen molar-refractivity contribution in [2.75, 3.05) is 13.3 Å². The number of hydrogen-bond donors (Lipinski definition) is 0. The highest BCUT2D eigenvalue weighted by Gasteiger charge is 2.30. The van der Waals surface area contributed by atoms with Crippen molar-refractivity contribution in [3.05, 3.63) is 12.4 Å². The van der Waals surface area contributed by atoms with Crippen molar-refractivity contribution in [2.45, 2.75) is 51.9 Å². The summed E-state index contributed by atoms with van der Waals surface area (Å²) in [7, 11) is -0.549. The summed E-state index contributed by atoms with van der Waals surface area (Å²) in [4.78, 5) is 9.32. The second kappa shape index (κ2) is 5.51. The predicted octanol–water partition coefficient (Wildman–Crippen LogP) is 3.55. The van der Waals surface area contributed by atoms with Gasteiger partial charge in [-0.1, -0.05) is 57.4 Å². The van der Waals surface area contributed by atoms with Crippen LogP contribution in [0.3, 0.4) is 0 Å². The van der Waals surface area contributed by atoms with Crippen molar-refractivity contribution in [1.82, 2.24) is 9.97 Å². The van der Waals surface area contributed by atoms with E-state index in [-0.39, 0.29) is 26.2 Å². The molecule has 0 saturated carbocycles. The second-order valence-corrected chi connectivity index (χ2v) is 12.4. The monoisotopic (exact) mass is 284 g/mol. The molecule has 2 unspecified atom stereocenters. The fraction of sp³-hybridized carbons (Fsp3) is 0.714. The first-order valence-corrected chi connectivity index (χ1v) is 9.91. The topological polar surface area (TPSA) is 25.8 Å². The quantitative estimate of drug-likeness (QED) is 0.776. The molecule has 102 valence electrons. The summed E-state index contributed by atoms with van der Waals surface area (Å²) in [5.74, 6) is 0. The van der Waals surface area contributed by atoms with Crippen LogP contribution >= 0.6 is 15.8 Å². The van der Waals surface area contributed by atoms with Gasteiger partial charge in [-0.05, 0) is 23.6 Å². The molecule has 1 heterocycles. The van der Waals surface area contributed by atoms with Crippen LogP contribution in [0.2, 0.25) is 0 Å². The molecule has 0 aromatic carbocycles. The van der Waals surface area contributed by atoms with Crippen molar-refractivity contribution < 1.29 is 0 Å². The maximum Gasteiger partial charge on any atom is 0.0891 e. The van der Waals surface area contributed by atoms with Crippen molar-refractivity contribution in [3.8, 4) is 0 Å². The molecule has 2 nitrogen and oxygen atoms in total. The molecular formula is C14H26N2P2. The van der Waals surface area contributed by atoms with Gasteiger partial charge in [-0.25, -0.2) is 0 Å². The molecule has 0 spiro atoms. The van der Waals surface area contributed by atoms with E-state index in [1.165, 1.54) is 10.9 Å². The lowest BCUT2D eigenvalue weighted by Gasteiger charge is -2.33. The zero-order valence-electron chi connectivity index (χ0n) is 12.9. The van der Waals surface area contributed by atoms with Crippen LogP contribution in [0.15, 0.2) is 12.4 Å². The van der Waals surface area contributed by atoms with Gasteiger partial charge in [-0.2, -0.15) is 0 Å². The Bertz CT molecular complexity index is 366. The zero-order valence-corrected chi connectivity index (χ0v) is 14.7. The summed E-state index contributed by atoms with van der Waals surface area (Å²) in [6.07, 6.45) is 3.68. The molecule has 0 bridgehead atoms. The van der Waals surface area contributed by atoms with Crippen LogP contribution in [0.4, 0.5) is 0 Å². The zero-order chi connectivity index (χ0) is 14.1. The molecule has 2 atom stereocenters. The van der Waals surface area contributed by atoms with E-state index in [0.29, 0.717) is 0 Å². The highest BCUT2D eigenvalue weighted by molar-refractivity contribution is 7.72. The van der Waals surface area contributed by atoms with Crippen molar-refractivity contribution in [2.24, 2.45) is 0 Å². The summed E-state index contributed by atoms with van der Waals surface area (Å²) < 4.78 is 0. The molecule has 1 aromatic heterocycles. The smallest absolute Gasteiger partial charge is 0.0891 e. The third-order valence-corrected chi connectivity index (χ3v) is 9.43. The number of nitrogens with zero attached hydrogens (tertiary/aromatic N) is 2. The van der Waals surface area contributed by atoms with Gasteiger partial charge >= 0.3 is 0 Å². The first-order valence-electron chi connectivity index (χ1n) is 6.34. The van der Waals surface area contributed by atoms with Crippen molar-refractivity contribution in [1.29, 1.82) is 0 Å². The number of rotatable bonds is 2. The van der Waals surface area contributed by atoms with E-state index in [2.05, 4.69) is 64.8 Å². The molecule has 0 aliphatic heterocycles. The second-order valence-electron chi connectivity index (χ2n) is 6.66. The third kappa shape index (κ3) is 3.72. The number of aromatic nitrogens is 2. The van der Waals surface area contributed by atoms with E-state index < -0.39 is 0 Å². The summed E-state index contributed by atoms with van der Waals surface area (Å²) in [6, 6.07) is 0. The summed E-state index contributed by atoms with van der Waals surface area (Å²) in [5, 5.41) is 0.572. The van der Waals surface area contributed by atoms with E-state index in [9.17, 15) is 0 Å². The van der Waals surface area contributed by atoms with Gasteiger partial charge in [0.25, 0.3) is 0 Å². The molecule has 0 amide bonds. The van der Waals surface area contributed by atoms with E-state index in [1.807, 2.05) is 12.4 Å². The Morgan fingerprint density at radius 2 is 1.00 bits per heavy atom. The summed E-state index contributed by atoms with van der Waals surface area (Å²) in [5.41, 5.74) is 2.51. The van der Waals surface area contributed by atoms with E-state index >= 15 is 0 Å². The molecule has 0 N–H and O–H groups in total. The molecule has 1 aromatic rings. The number of hydrogen-bond acceptors (Lipinski definition) is 2. The van der Waals surface area contributed by atoms with Crippen LogP contribution in [-0.4, -0.2) is 33.6 Å². The van der Waals surface area contributed by atoms with Gasteiger partial charge in [0.2, 0.25) is 0 Å². The first-order chi connectivity index (χ1) is 8.05. The van der Waals surface area contributed by atoms with Crippen LogP contribution in [-0.2, 0) is 0 Å².